The standard InChI is InChI=1S/C14H15N7O/c1-9(13-18-10(2)19-20-13)17-14(22)11-5-3-4-6-12(11)21-8-15-7-16-21/h3-9H,1-2H3,(H,17,22)(H,18,19,20)/t9-/m1/s1. The second kappa shape index (κ2) is 5.76. The Balaban J connectivity index is 1.84. The molecule has 3 aromatic rings. The topological polar surface area (TPSA) is 101 Å². The maximum Gasteiger partial charge on any atom is 0.254 e. The van der Waals surface area contributed by atoms with Gasteiger partial charge in [-0.05, 0) is 26.0 Å². The first-order valence-corrected chi connectivity index (χ1v) is 6.79. The van der Waals surface area contributed by atoms with E-state index in [1.807, 2.05) is 26.0 Å². The maximum absolute atomic E-state index is 12.5. The zero-order valence-electron chi connectivity index (χ0n) is 12.2. The number of aryl methyl sites for hydroxylation is 1. The molecule has 0 fully saturated rings. The quantitative estimate of drug-likeness (QED) is 0.753. The van der Waals surface area contributed by atoms with E-state index in [0.29, 0.717) is 22.9 Å². The number of amides is 1. The minimum Gasteiger partial charge on any atom is -0.342 e. The monoisotopic (exact) mass is 297 g/mol. The molecule has 0 saturated heterocycles. The van der Waals surface area contributed by atoms with Crippen LogP contribution in [0.15, 0.2) is 36.9 Å². The van der Waals surface area contributed by atoms with Gasteiger partial charge in [0.25, 0.3) is 5.91 Å². The van der Waals surface area contributed by atoms with Crippen LogP contribution < -0.4 is 5.32 Å². The van der Waals surface area contributed by atoms with Gasteiger partial charge >= 0.3 is 0 Å². The minimum absolute atomic E-state index is 0.221. The highest BCUT2D eigenvalue weighted by Crippen LogP contribution is 2.15. The lowest BCUT2D eigenvalue weighted by molar-refractivity contribution is 0.0938. The van der Waals surface area contributed by atoms with Crippen LogP contribution in [0, 0.1) is 6.92 Å². The molecule has 3 rings (SSSR count). The molecule has 1 atom stereocenters. The second-order valence-corrected chi connectivity index (χ2v) is 4.83. The van der Waals surface area contributed by atoms with Crippen molar-refractivity contribution in [1.29, 1.82) is 0 Å². The average Bonchev–Trinajstić information content (AvgIpc) is 3.18. The van der Waals surface area contributed by atoms with Gasteiger partial charge in [0.15, 0.2) is 5.82 Å². The number of nitrogens with zero attached hydrogens (tertiary/aromatic N) is 5. The Morgan fingerprint density at radius 3 is 2.86 bits per heavy atom. The molecule has 2 heterocycles. The van der Waals surface area contributed by atoms with E-state index in [2.05, 4.69) is 30.6 Å². The summed E-state index contributed by atoms with van der Waals surface area (Å²) in [6.07, 6.45) is 2.97. The summed E-state index contributed by atoms with van der Waals surface area (Å²) in [5, 5.41) is 13.8. The molecule has 2 aromatic heterocycles. The molecule has 0 aliphatic carbocycles. The van der Waals surface area contributed by atoms with Crippen molar-refractivity contribution in [2.45, 2.75) is 19.9 Å². The van der Waals surface area contributed by atoms with Crippen molar-refractivity contribution in [3.8, 4) is 5.69 Å². The van der Waals surface area contributed by atoms with E-state index in [1.54, 1.807) is 23.1 Å². The molecular weight excluding hydrogens is 282 g/mol. The Labute approximate surface area is 126 Å². The lowest BCUT2D eigenvalue weighted by atomic mass is 10.1. The predicted molar refractivity (Wildman–Crippen MR) is 78.4 cm³/mol. The van der Waals surface area contributed by atoms with Crippen LogP contribution >= 0.6 is 0 Å². The largest absolute Gasteiger partial charge is 0.342 e. The van der Waals surface area contributed by atoms with Crippen molar-refractivity contribution >= 4 is 5.91 Å². The van der Waals surface area contributed by atoms with Crippen molar-refractivity contribution in [1.82, 2.24) is 35.3 Å². The third-order valence-corrected chi connectivity index (χ3v) is 3.16. The van der Waals surface area contributed by atoms with E-state index in [-0.39, 0.29) is 11.9 Å². The van der Waals surface area contributed by atoms with Gasteiger partial charge in [-0.2, -0.15) is 10.2 Å². The maximum atomic E-state index is 12.5. The van der Waals surface area contributed by atoms with Gasteiger partial charge in [0, 0.05) is 0 Å². The fourth-order valence-corrected chi connectivity index (χ4v) is 2.09. The summed E-state index contributed by atoms with van der Waals surface area (Å²) in [6, 6.07) is 6.89. The molecular formula is C14H15N7O. The molecule has 0 radical (unpaired) electrons. The number of benzene rings is 1. The number of carbonyl (C=O) groups is 1. The molecule has 2 N–H and O–H groups in total. The first kappa shape index (κ1) is 13.9. The van der Waals surface area contributed by atoms with Crippen LogP contribution in [0.4, 0.5) is 0 Å². The van der Waals surface area contributed by atoms with Crippen molar-refractivity contribution in [3.05, 3.63) is 54.1 Å². The summed E-state index contributed by atoms with van der Waals surface area (Å²) in [5.41, 5.74) is 1.17. The molecule has 0 spiro atoms. The normalized spacial score (nSPS) is 12.1. The van der Waals surface area contributed by atoms with E-state index in [4.69, 9.17) is 0 Å². The number of hydrogen-bond donors (Lipinski definition) is 2. The summed E-state index contributed by atoms with van der Waals surface area (Å²) < 4.78 is 1.55. The van der Waals surface area contributed by atoms with Gasteiger partial charge in [0.1, 0.15) is 18.5 Å². The Morgan fingerprint density at radius 1 is 1.36 bits per heavy atom. The third-order valence-electron chi connectivity index (χ3n) is 3.16. The highest BCUT2D eigenvalue weighted by molar-refractivity contribution is 5.97. The molecule has 0 saturated carbocycles. The van der Waals surface area contributed by atoms with Gasteiger partial charge in [-0.1, -0.05) is 12.1 Å². The lowest BCUT2D eigenvalue weighted by Gasteiger charge is -2.13. The molecule has 0 aliphatic rings. The molecule has 0 unspecified atom stereocenters. The summed E-state index contributed by atoms with van der Waals surface area (Å²) in [5.74, 6) is 1.03. The van der Waals surface area contributed by atoms with Crippen LogP contribution in [0.25, 0.3) is 5.69 Å². The van der Waals surface area contributed by atoms with Gasteiger partial charge in [0.05, 0.1) is 17.3 Å². The van der Waals surface area contributed by atoms with Crippen molar-refractivity contribution < 1.29 is 4.79 Å². The fourth-order valence-electron chi connectivity index (χ4n) is 2.09. The van der Waals surface area contributed by atoms with E-state index < -0.39 is 0 Å². The van der Waals surface area contributed by atoms with Crippen molar-refractivity contribution in [2.75, 3.05) is 0 Å². The number of para-hydroxylation sites is 1. The van der Waals surface area contributed by atoms with Gasteiger partial charge < -0.3 is 5.32 Å². The molecule has 1 aromatic carbocycles. The average molecular weight is 297 g/mol. The summed E-state index contributed by atoms with van der Waals surface area (Å²) in [7, 11) is 0. The summed E-state index contributed by atoms with van der Waals surface area (Å²) in [6.45, 7) is 3.64. The smallest absolute Gasteiger partial charge is 0.254 e. The van der Waals surface area contributed by atoms with E-state index in [1.165, 1.54) is 6.33 Å². The highest BCUT2D eigenvalue weighted by atomic mass is 16.1. The molecule has 1 amide bonds. The third kappa shape index (κ3) is 2.71. The van der Waals surface area contributed by atoms with Crippen LogP contribution in [0.5, 0.6) is 0 Å². The van der Waals surface area contributed by atoms with Gasteiger partial charge in [-0.25, -0.2) is 14.6 Å². The van der Waals surface area contributed by atoms with Gasteiger partial charge in [-0.15, -0.1) is 0 Å². The molecule has 0 bridgehead atoms. The fraction of sp³-hybridized carbons (Fsp3) is 0.214. The van der Waals surface area contributed by atoms with Crippen LogP contribution in [0.3, 0.4) is 0 Å². The molecule has 8 heteroatoms. The van der Waals surface area contributed by atoms with Gasteiger partial charge in [0.2, 0.25) is 0 Å². The molecule has 8 nitrogen and oxygen atoms in total. The summed E-state index contributed by atoms with van der Waals surface area (Å²) >= 11 is 0. The first-order valence-electron chi connectivity index (χ1n) is 6.79. The minimum atomic E-state index is -0.304. The van der Waals surface area contributed by atoms with E-state index in [9.17, 15) is 4.79 Å². The first-order chi connectivity index (χ1) is 10.6. The highest BCUT2D eigenvalue weighted by Gasteiger charge is 2.18. The zero-order chi connectivity index (χ0) is 15.5. The number of rotatable bonds is 4. The van der Waals surface area contributed by atoms with Crippen LogP contribution in [-0.2, 0) is 0 Å². The number of hydrogen-bond acceptors (Lipinski definition) is 5. The Hall–Kier alpha value is -3.03. The van der Waals surface area contributed by atoms with Gasteiger partial charge in [-0.3, -0.25) is 9.89 Å². The number of nitrogens with one attached hydrogen (secondary N) is 2. The SMILES string of the molecule is Cc1nc([C@@H](C)NC(=O)c2ccccc2-n2cncn2)n[nH]1. The molecule has 22 heavy (non-hydrogen) atoms. The molecule has 112 valence electrons. The number of aromatic amines is 1. The van der Waals surface area contributed by atoms with E-state index in [0.717, 1.165) is 0 Å². The van der Waals surface area contributed by atoms with Crippen LogP contribution in [0.1, 0.15) is 35.0 Å². The van der Waals surface area contributed by atoms with E-state index >= 15 is 0 Å². The summed E-state index contributed by atoms with van der Waals surface area (Å²) in [4.78, 5) is 20.6. The predicted octanol–water partition coefficient (Wildman–Crippen LogP) is 1.18. The van der Waals surface area contributed by atoms with Crippen LogP contribution in [0.2, 0.25) is 0 Å². The van der Waals surface area contributed by atoms with Crippen molar-refractivity contribution in [2.24, 2.45) is 0 Å². The lowest BCUT2D eigenvalue weighted by Crippen LogP contribution is -2.28. The number of carbonyl (C=O) groups excluding carboxylic acids is 1. The number of aromatic nitrogens is 6. The Kier molecular flexibility index (Phi) is 3.65. The second-order valence-electron chi connectivity index (χ2n) is 4.83. The Bertz CT molecular complexity index is 778. The number of H-pyrrole nitrogens is 1. The van der Waals surface area contributed by atoms with Crippen molar-refractivity contribution in [3.63, 3.8) is 0 Å². The molecule has 0 aliphatic heterocycles. The zero-order valence-corrected chi connectivity index (χ0v) is 12.2. The van der Waals surface area contributed by atoms with Crippen LogP contribution in [-0.4, -0.2) is 35.9 Å². The Morgan fingerprint density at radius 2 is 2.18 bits per heavy atom.